The van der Waals surface area contributed by atoms with Crippen LogP contribution in [0.5, 0.6) is 0 Å². The van der Waals surface area contributed by atoms with Gasteiger partial charge in [-0.15, -0.1) is 0 Å². The fraction of sp³-hybridized carbons (Fsp3) is 0.789. The zero-order valence-electron chi connectivity index (χ0n) is 18.4. The van der Waals surface area contributed by atoms with E-state index in [0.717, 1.165) is 0 Å². The average molecular weight is 560 g/mol. The third kappa shape index (κ3) is 3.82. The Morgan fingerprint density at radius 1 is 0.931 bits per heavy atom. The summed E-state index contributed by atoms with van der Waals surface area (Å²) in [5.74, 6) is -2.16. The topological polar surface area (TPSA) is 91.4 Å². The molecule has 3 aliphatic heterocycles. The van der Waals surface area contributed by atoms with E-state index in [9.17, 15) is 14.4 Å². The van der Waals surface area contributed by atoms with Crippen molar-refractivity contribution in [3.63, 3.8) is 0 Å². The number of hydrogen-bond donors (Lipinski definition) is 0. The molecule has 0 N–H and O–H groups in total. The van der Waals surface area contributed by atoms with E-state index in [1.54, 1.807) is 13.8 Å². The molecule has 3 fully saturated rings. The van der Waals surface area contributed by atoms with E-state index in [-0.39, 0.29) is 78.3 Å². The van der Waals surface area contributed by atoms with Gasteiger partial charge in [0.1, 0.15) is 5.79 Å². The minimum absolute atomic E-state index is 0. The normalized spacial score (nSPS) is 34.3. The van der Waals surface area contributed by atoms with Crippen LogP contribution in [0, 0.1) is 16.9 Å². The van der Waals surface area contributed by atoms with Gasteiger partial charge in [0.25, 0.3) is 11.8 Å². The summed E-state index contributed by atoms with van der Waals surface area (Å²) in [5.41, 5.74) is -2.79. The van der Waals surface area contributed by atoms with Crippen molar-refractivity contribution >= 4 is 18.0 Å². The molecule has 2 amide bonds. The molecule has 2 atom stereocenters. The molecule has 0 aromatic heterocycles. The maximum atomic E-state index is 12.4. The molecule has 3 saturated heterocycles. The Morgan fingerprint density at radius 3 is 1.90 bits per heavy atom. The quantitative estimate of drug-likeness (QED) is 0.291. The Morgan fingerprint density at radius 2 is 1.41 bits per heavy atom. The molecule has 0 saturated carbocycles. The fourth-order valence-corrected chi connectivity index (χ4v) is 4.69. The minimum Gasteiger partial charge on any atom is -0.598 e. The first-order chi connectivity index (χ1) is 12.1. The van der Waals surface area contributed by atoms with E-state index in [2.05, 4.69) is 0 Å². The van der Waals surface area contributed by atoms with Crippen LogP contribution in [0.1, 0.15) is 68.2 Å². The molecule has 3 heterocycles. The molecule has 29 heavy (non-hydrogen) atoms. The maximum Gasteiger partial charge on any atom is 0.501 e. The monoisotopic (exact) mass is 560 g/mol. The number of nitrogens with zero attached hydrogens (tertiary/aromatic N) is 1. The molecule has 0 unspecified atom stereocenters. The summed E-state index contributed by atoms with van der Waals surface area (Å²) < 4.78 is 18.1. The first kappa shape index (κ1) is 27.6. The Labute approximate surface area is 222 Å². The predicted molar refractivity (Wildman–Crippen MR) is 92.5 cm³/mol. The smallest absolute Gasteiger partial charge is 0.501 e. The summed E-state index contributed by atoms with van der Waals surface area (Å²) in [4.78, 5) is 40.7. The van der Waals surface area contributed by atoms with E-state index in [0.29, 0.717) is 11.2 Å². The van der Waals surface area contributed by atoms with Gasteiger partial charge in [0, 0.05) is 78.3 Å². The van der Waals surface area contributed by atoms with Gasteiger partial charge in [0.15, 0.2) is 0 Å². The van der Waals surface area contributed by atoms with Gasteiger partial charge in [-0.2, -0.15) is 0 Å². The minimum atomic E-state index is -1.14. The zero-order valence-corrected chi connectivity index (χ0v) is 24.1. The number of hydrogen-bond acceptors (Lipinski definition) is 7. The first-order valence-corrected chi connectivity index (χ1v) is 9.13. The largest absolute Gasteiger partial charge is 0.598 e. The summed E-state index contributed by atoms with van der Waals surface area (Å²) in [7, 11) is 0. The number of hydroxylamine groups is 2. The Kier molecular flexibility index (Phi) is 7.75. The Hall–Kier alpha value is 0.538. The molecule has 8 nitrogen and oxygen atoms in total. The van der Waals surface area contributed by atoms with E-state index in [1.807, 2.05) is 41.5 Å². The van der Waals surface area contributed by atoms with Gasteiger partial charge in [-0.3, -0.25) is 14.4 Å². The molecule has 3 aliphatic rings. The summed E-state index contributed by atoms with van der Waals surface area (Å²) in [6.45, 7) is 15.3. The SMILES string of the molecule is CC1(C)O[C@@]2(C)OC(C)(C)C(C)(C)[C@@]2(C)[C-]1OC(=O)ON1C(=O)CCC1=O.[Y].[Y]. The summed E-state index contributed by atoms with van der Waals surface area (Å²) in [6, 6.07) is 0. The summed E-state index contributed by atoms with van der Waals surface area (Å²) >= 11 is 0. The zero-order chi connectivity index (χ0) is 20.6. The number of carbonyl (C=O) groups excluding carboxylic acids is 3. The van der Waals surface area contributed by atoms with Crippen LogP contribution in [-0.2, 0) is 94.1 Å². The number of ether oxygens (including phenoxy) is 3. The summed E-state index contributed by atoms with van der Waals surface area (Å²) in [6.07, 6.45) is -0.766. The van der Waals surface area contributed by atoms with Crippen LogP contribution in [0.3, 0.4) is 0 Å². The van der Waals surface area contributed by atoms with Crippen LogP contribution in [0.4, 0.5) is 4.79 Å². The third-order valence-corrected chi connectivity index (χ3v) is 6.92. The predicted octanol–water partition coefficient (Wildman–Crippen LogP) is 3.10. The second-order valence-electron chi connectivity index (χ2n) is 9.27. The van der Waals surface area contributed by atoms with Crippen molar-refractivity contribution < 1.29 is 98.9 Å². The van der Waals surface area contributed by atoms with Crippen LogP contribution in [0.25, 0.3) is 0 Å². The standard InChI is InChI=1S/C19H28NO7.2Y/c1-15(2)13(24-14(23)25-20-11(21)9-10-12(20)22)18(7)16(3,4)17(5,6)27-19(18,8)26-15;;/h9-10H2,1-8H3;;/q-1;;/t18-,19+;;/m1../s1. The average Bonchev–Trinajstić information content (AvgIpc) is 2.91. The van der Waals surface area contributed by atoms with Gasteiger partial charge in [0.05, 0.1) is 5.60 Å². The Balaban J connectivity index is 0.00000210. The molecule has 158 valence electrons. The molecule has 0 bridgehead atoms. The van der Waals surface area contributed by atoms with Crippen molar-refractivity contribution in [3.8, 4) is 0 Å². The van der Waals surface area contributed by atoms with Gasteiger partial charge in [-0.25, -0.2) is 4.79 Å². The van der Waals surface area contributed by atoms with Crippen LogP contribution >= 0.6 is 0 Å². The Bertz CT molecular complexity index is 707. The molecular weight excluding hydrogens is 532 g/mol. The number of rotatable bonds is 2. The molecule has 0 aromatic rings. The van der Waals surface area contributed by atoms with Crippen LogP contribution in [-0.4, -0.2) is 40.0 Å². The van der Waals surface area contributed by atoms with Crippen molar-refractivity contribution in [3.05, 3.63) is 6.10 Å². The number of carbonyl (C=O) groups is 3. The first-order valence-electron chi connectivity index (χ1n) is 9.13. The van der Waals surface area contributed by atoms with Gasteiger partial charge in [-0.05, 0) is 31.8 Å². The summed E-state index contributed by atoms with van der Waals surface area (Å²) in [5, 5.41) is 0.466. The van der Waals surface area contributed by atoms with E-state index < -0.39 is 45.8 Å². The van der Waals surface area contributed by atoms with Crippen molar-refractivity contribution in [2.75, 3.05) is 0 Å². The molecule has 2 radical (unpaired) electrons. The molecule has 0 aliphatic carbocycles. The fourth-order valence-electron chi connectivity index (χ4n) is 4.69. The molecule has 10 heteroatoms. The second-order valence-corrected chi connectivity index (χ2v) is 9.27. The van der Waals surface area contributed by atoms with E-state index in [4.69, 9.17) is 19.0 Å². The van der Waals surface area contributed by atoms with E-state index in [1.165, 1.54) is 0 Å². The van der Waals surface area contributed by atoms with Crippen LogP contribution in [0.15, 0.2) is 0 Å². The molecule has 3 rings (SSSR count). The van der Waals surface area contributed by atoms with Crippen molar-refractivity contribution in [2.45, 2.75) is 85.2 Å². The van der Waals surface area contributed by atoms with E-state index >= 15 is 0 Å². The third-order valence-electron chi connectivity index (χ3n) is 6.92. The van der Waals surface area contributed by atoms with Crippen molar-refractivity contribution in [2.24, 2.45) is 10.8 Å². The van der Waals surface area contributed by atoms with Crippen LogP contribution in [0.2, 0.25) is 0 Å². The number of amides is 2. The van der Waals surface area contributed by atoms with Gasteiger partial charge >= 0.3 is 6.16 Å². The molecule has 0 spiro atoms. The van der Waals surface area contributed by atoms with Crippen molar-refractivity contribution in [1.82, 2.24) is 5.06 Å². The van der Waals surface area contributed by atoms with Gasteiger partial charge in [-0.1, -0.05) is 51.2 Å². The van der Waals surface area contributed by atoms with Gasteiger partial charge in [0.2, 0.25) is 0 Å². The molecule has 0 aromatic carbocycles. The second kappa shape index (κ2) is 8.15. The van der Waals surface area contributed by atoms with Crippen molar-refractivity contribution in [1.29, 1.82) is 0 Å². The molecular formula is C19H28NO7Y2-. The maximum absolute atomic E-state index is 12.4. The van der Waals surface area contributed by atoms with Crippen LogP contribution < -0.4 is 0 Å². The van der Waals surface area contributed by atoms with Gasteiger partial charge < -0.3 is 14.2 Å². The number of imide groups is 1. The number of fused-ring (bicyclic) bond motifs is 1.